The standard InChI is InChI=1S/C5H10N3O5P/c1-3(4(9)10)8(2)5(6)7-13-14(11)12/h3H,1-2H3,(H3-,6,7,9,10,11,12)/p+1/t3-/m1/s1. The van der Waals surface area contributed by atoms with E-state index in [1.54, 1.807) is 0 Å². The molecule has 1 unspecified atom stereocenters. The number of oxime groups is 1. The molecule has 0 bridgehead atoms. The molecule has 0 aliphatic carbocycles. The molecule has 0 aromatic heterocycles. The first-order valence-corrected chi connectivity index (χ1v) is 4.61. The van der Waals surface area contributed by atoms with E-state index in [2.05, 4.69) is 9.78 Å². The molecule has 0 fully saturated rings. The van der Waals surface area contributed by atoms with Crippen LogP contribution < -0.4 is 5.73 Å². The Morgan fingerprint density at radius 1 is 1.71 bits per heavy atom. The number of hydrogen-bond donors (Lipinski definition) is 3. The van der Waals surface area contributed by atoms with Crippen LogP contribution in [0.25, 0.3) is 0 Å². The Bertz CT molecular complexity index is 268. The fraction of sp³-hybridized carbons (Fsp3) is 0.600. The van der Waals surface area contributed by atoms with Gasteiger partial charge in [-0.25, -0.2) is 4.79 Å². The monoisotopic (exact) mass is 224 g/mol. The number of rotatable bonds is 4. The van der Waals surface area contributed by atoms with Gasteiger partial charge in [-0.3, -0.25) is 0 Å². The van der Waals surface area contributed by atoms with Crippen molar-refractivity contribution >= 4 is 20.2 Å². The maximum Gasteiger partial charge on any atom is 0.770 e. The van der Waals surface area contributed by atoms with Gasteiger partial charge < -0.3 is 15.7 Å². The predicted octanol–water partition coefficient (Wildman–Crippen LogP) is -0.713. The number of aliphatic carboxylic acids is 1. The molecule has 9 heteroatoms. The number of hydrogen-bond acceptors (Lipinski definition) is 4. The van der Waals surface area contributed by atoms with Gasteiger partial charge in [0.2, 0.25) is 5.96 Å². The number of nitrogens with two attached hydrogens (primary N) is 1. The normalized spacial score (nSPS) is 14.5. The molecule has 80 valence electrons. The van der Waals surface area contributed by atoms with Crippen molar-refractivity contribution < 1.29 is 24.0 Å². The van der Waals surface area contributed by atoms with Crippen molar-refractivity contribution in [2.24, 2.45) is 10.9 Å². The fourth-order valence-electron chi connectivity index (χ4n) is 0.505. The van der Waals surface area contributed by atoms with Crippen LogP contribution in [0.3, 0.4) is 0 Å². The predicted molar refractivity (Wildman–Crippen MR) is 47.4 cm³/mol. The number of guanidine groups is 1. The van der Waals surface area contributed by atoms with E-state index in [-0.39, 0.29) is 5.96 Å². The van der Waals surface area contributed by atoms with Crippen LogP contribution in [0.5, 0.6) is 0 Å². The van der Waals surface area contributed by atoms with Crippen LogP contribution in [0.15, 0.2) is 5.16 Å². The molecule has 4 N–H and O–H groups in total. The van der Waals surface area contributed by atoms with Crippen molar-refractivity contribution in [1.82, 2.24) is 4.90 Å². The zero-order valence-electron chi connectivity index (χ0n) is 7.62. The molecule has 0 radical (unpaired) electrons. The Kier molecular flexibility index (Phi) is 4.82. The average molecular weight is 224 g/mol. The fourth-order valence-corrected chi connectivity index (χ4v) is 0.659. The van der Waals surface area contributed by atoms with E-state index in [0.29, 0.717) is 0 Å². The summed E-state index contributed by atoms with van der Waals surface area (Å²) in [6, 6.07) is -0.904. The van der Waals surface area contributed by atoms with Gasteiger partial charge >= 0.3 is 14.2 Å². The number of likely N-dealkylation sites (N-methyl/N-ethyl adjacent to an activating group) is 1. The molecule has 8 nitrogen and oxygen atoms in total. The molecule has 0 aliphatic heterocycles. The number of carboxylic acids is 1. The highest BCUT2D eigenvalue weighted by atomic mass is 31.1. The Morgan fingerprint density at radius 3 is 2.57 bits per heavy atom. The van der Waals surface area contributed by atoms with Gasteiger partial charge in [0.15, 0.2) is 0 Å². The molecule has 0 amide bonds. The van der Waals surface area contributed by atoms with Gasteiger partial charge in [-0.2, -0.15) is 0 Å². The van der Waals surface area contributed by atoms with Gasteiger partial charge in [0.05, 0.1) is 0 Å². The van der Waals surface area contributed by atoms with Crippen LogP contribution in [0, 0.1) is 0 Å². The van der Waals surface area contributed by atoms with Crippen molar-refractivity contribution in [1.29, 1.82) is 0 Å². The summed E-state index contributed by atoms with van der Waals surface area (Å²) in [6.07, 6.45) is 0. The lowest BCUT2D eigenvalue weighted by Gasteiger charge is -2.20. The van der Waals surface area contributed by atoms with Crippen LogP contribution in [0.4, 0.5) is 0 Å². The van der Waals surface area contributed by atoms with E-state index in [0.717, 1.165) is 4.90 Å². The zero-order valence-corrected chi connectivity index (χ0v) is 8.51. The van der Waals surface area contributed by atoms with Gasteiger partial charge in [-0.05, 0) is 6.92 Å². The van der Waals surface area contributed by atoms with Crippen molar-refractivity contribution in [2.45, 2.75) is 13.0 Å². The van der Waals surface area contributed by atoms with Crippen LogP contribution in [-0.4, -0.2) is 39.9 Å². The Morgan fingerprint density at radius 2 is 2.21 bits per heavy atom. The molecular weight excluding hydrogens is 213 g/mol. The number of nitrogens with zero attached hydrogens (tertiary/aromatic N) is 2. The molecule has 0 aromatic carbocycles. The molecule has 2 atom stereocenters. The summed E-state index contributed by atoms with van der Waals surface area (Å²) in [5.74, 6) is -1.39. The quantitative estimate of drug-likeness (QED) is 0.249. The smallest absolute Gasteiger partial charge is 0.480 e. The second-order valence-electron chi connectivity index (χ2n) is 2.39. The molecule has 14 heavy (non-hydrogen) atoms. The van der Waals surface area contributed by atoms with Gasteiger partial charge in [0, 0.05) is 16.8 Å². The second kappa shape index (κ2) is 5.36. The molecule has 0 aliphatic rings. The molecule has 0 aromatic rings. The maximum atomic E-state index is 10.5. The van der Waals surface area contributed by atoms with E-state index in [4.69, 9.17) is 15.7 Å². The van der Waals surface area contributed by atoms with E-state index in [1.165, 1.54) is 14.0 Å². The summed E-state index contributed by atoms with van der Waals surface area (Å²) in [5.41, 5.74) is 5.25. The summed E-state index contributed by atoms with van der Waals surface area (Å²) in [7, 11) is -1.52. The van der Waals surface area contributed by atoms with E-state index in [9.17, 15) is 9.36 Å². The molecule has 0 saturated heterocycles. The summed E-state index contributed by atoms with van der Waals surface area (Å²) in [5, 5.41) is 11.6. The summed E-state index contributed by atoms with van der Waals surface area (Å²) >= 11 is 0. The third kappa shape index (κ3) is 4.01. The topological polar surface area (TPSA) is 125 Å². The zero-order chi connectivity index (χ0) is 11.3. The minimum Gasteiger partial charge on any atom is -0.480 e. The van der Waals surface area contributed by atoms with Crippen molar-refractivity contribution in [3.8, 4) is 0 Å². The first kappa shape index (κ1) is 12.6. The highest BCUT2D eigenvalue weighted by molar-refractivity contribution is 7.32. The lowest BCUT2D eigenvalue weighted by atomic mass is 10.3. The van der Waals surface area contributed by atoms with Crippen LogP contribution >= 0.6 is 8.25 Å². The average Bonchev–Trinajstić information content (AvgIpc) is 2.11. The Labute approximate surface area is 80.9 Å². The van der Waals surface area contributed by atoms with Gasteiger partial charge in [-0.15, -0.1) is 9.52 Å². The molecule has 0 heterocycles. The second-order valence-corrected chi connectivity index (χ2v) is 3.03. The summed E-state index contributed by atoms with van der Waals surface area (Å²) < 4.78 is 14.0. The third-order valence-electron chi connectivity index (χ3n) is 1.50. The number of carbonyl (C=O) groups is 1. The summed E-state index contributed by atoms with van der Waals surface area (Å²) in [4.78, 5) is 19.8. The molecule has 0 saturated carbocycles. The third-order valence-corrected chi connectivity index (χ3v) is 1.73. The lowest BCUT2D eigenvalue weighted by molar-refractivity contribution is -0.140. The number of carboxylic acid groups (broad SMARTS) is 1. The Balaban J connectivity index is 4.37. The molecule has 0 spiro atoms. The highest BCUT2D eigenvalue weighted by Gasteiger charge is 2.20. The minimum atomic E-state index is -2.88. The van der Waals surface area contributed by atoms with Gasteiger partial charge in [0.1, 0.15) is 6.04 Å². The largest absolute Gasteiger partial charge is 0.770 e. The molecular formula is C5H11N3O5P+. The van der Waals surface area contributed by atoms with E-state index < -0.39 is 20.3 Å². The Hall–Kier alpha value is -1.40. The van der Waals surface area contributed by atoms with Gasteiger partial charge in [-0.1, -0.05) is 0 Å². The van der Waals surface area contributed by atoms with Crippen LogP contribution in [0.2, 0.25) is 0 Å². The highest BCUT2D eigenvalue weighted by Crippen LogP contribution is 2.14. The van der Waals surface area contributed by atoms with Crippen molar-refractivity contribution in [3.05, 3.63) is 0 Å². The van der Waals surface area contributed by atoms with Crippen LogP contribution in [-0.2, 0) is 14.0 Å². The summed E-state index contributed by atoms with van der Waals surface area (Å²) in [6.45, 7) is 1.38. The van der Waals surface area contributed by atoms with E-state index >= 15 is 0 Å². The van der Waals surface area contributed by atoms with Crippen LogP contribution in [0.1, 0.15) is 6.92 Å². The minimum absolute atomic E-state index is 0.294. The molecule has 0 rings (SSSR count). The van der Waals surface area contributed by atoms with Crippen molar-refractivity contribution in [2.75, 3.05) is 7.05 Å². The van der Waals surface area contributed by atoms with Crippen molar-refractivity contribution in [3.63, 3.8) is 0 Å². The SMILES string of the molecule is C[C@H](C(=O)O)N(C)C(N)=NO[P+](=O)O. The lowest BCUT2D eigenvalue weighted by Crippen LogP contribution is -2.44. The first-order chi connectivity index (χ1) is 6.36. The first-order valence-electron chi connectivity index (χ1n) is 3.48. The van der Waals surface area contributed by atoms with E-state index in [1.807, 2.05) is 0 Å². The maximum absolute atomic E-state index is 10.5. The van der Waals surface area contributed by atoms with Gasteiger partial charge in [0.25, 0.3) is 0 Å².